The second kappa shape index (κ2) is 3.29. The molecule has 0 aliphatic heterocycles. The number of aromatic nitrogens is 3. The van der Waals surface area contributed by atoms with E-state index in [4.69, 9.17) is 5.73 Å². The lowest BCUT2D eigenvalue weighted by atomic mass is 10.4. The summed E-state index contributed by atoms with van der Waals surface area (Å²) in [5.41, 5.74) is 5.90. The summed E-state index contributed by atoms with van der Waals surface area (Å²) in [5, 5.41) is 3.89. The molecule has 0 spiro atoms. The number of nitrogens with two attached hydrogens (primary N) is 1. The fourth-order valence-corrected chi connectivity index (χ4v) is 1.09. The number of nitrogens with zero attached hydrogens (tertiary/aromatic N) is 3. The Kier molecular flexibility index (Phi) is 1.98. The fraction of sp³-hybridized carbons (Fsp3) is 0. The highest BCUT2D eigenvalue weighted by Gasteiger charge is 2.02. The minimum Gasteiger partial charge on any atom is -0.394 e. The molecule has 0 fully saturated rings. The van der Waals surface area contributed by atoms with Crippen LogP contribution in [-0.4, -0.2) is 14.8 Å². The third-order valence-electron chi connectivity index (χ3n) is 1.77. The van der Waals surface area contributed by atoms with E-state index in [-0.39, 0.29) is 11.2 Å². The van der Waals surface area contributed by atoms with Crippen molar-refractivity contribution in [3.8, 4) is 5.69 Å². The highest BCUT2D eigenvalue weighted by molar-refractivity contribution is 5.36. The van der Waals surface area contributed by atoms with Gasteiger partial charge >= 0.3 is 0 Å². The van der Waals surface area contributed by atoms with Gasteiger partial charge in [-0.3, -0.25) is 9.78 Å². The van der Waals surface area contributed by atoms with Crippen LogP contribution in [0.4, 0.5) is 5.69 Å². The highest BCUT2D eigenvalue weighted by Crippen LogP contribution is 2.00. The van der Waals surface area contributed by atoms with Crippen molar-refractivity contribution in [3.63, 3.8) is 0 Å². The summed E-state index contributed by atoms with van der Waals surface area (Å²) in [6, 6.07) is 4.93. The molecule has 2 aromatic rings. The molecular weight excluding hydrogens is 180 g/mol. The largest absolute Gasteiger partial charge is 0.394 e. The van der Waals surface area contributed by atoms with Crippen molar-refractivity contribution in [3.05, 3.63) is 47.1 Å². The Morgan fingerprint density at radius 2 is 2.14 bits per heavy atom. The third kappa shape index (κ3) is 1.35. The first-order valence-corrected chi connectivity index (χ1v) is 4.03. The second-order valence-electron chi connectivity index (χ2n) is 2.71. The van der Waals surface area contributed by atoms with Gasteiger partial charge in [0, 0.05) is 6.20 Å². The molecule has 5 heteroatoms. The van der Waals surface area contributed by atoms with Crippen molar-refractivity contribution in [1.29, 1.82) is 0 Å². The summed E-state index contributed by atoms with van der Waals surface area (Å²) < 4.78 is 1.21. The Morgan fingerprint density at radius 1 is 1.29 bits per heavy atom. The van der Waals surface area contributed by atoms with Gasteiger partial charge in [0.2, 0.25) is 0 Å². The molecule has 0 aliphatic rings. The van der Waals surface area contributed by atoms with Crippen LogP contribution in [0.1, 0.15) is 0 Å². The first kappa shape index (κ1) is 8.43. The molecule has 0 aromatic carbocycles. The molecule has 0 saturated carbocycles. The van der Waals surface area contributed by atoms with Crippen molar-refractivity contribution in [1.82, 2.24) is 14.8 Å². The van der Waals surface area contributed by atoms with Crippen molar-refractivity contribution >= 4 is 5.69 Å². The monoisotopic (exact) mass is 188 g/mol. The predicted octanol–water partition coefficient (Wildman–Crippen LogP) is 0.210. The van der Waals surface area contributed by atoms with E-state index in [1.807, 2.05) is 0 Å². The topological polar surface area (TPSA) is 73.8 Å². The lowest BCUT2D eigenvalue weighted by Crippen LogP contribution is -2.23. The highest BCUT2D eigenvalue weighted by atomic mass is 16.1. The van der Waals surface area contributed by atoms with Gasteiger partial charge in [-0.1, -0.05) is 0 Å². The van der Waals surface area contributed by atoms with E-state index in [1.165, 1.54) is 16.9 Å². The maximum absolute atomic E-state index is 11.5. The van der Waals surface area contributed by atoms with Crippen molar-refractivity contribution in [2.75, 3.05) is 5.73 Å². The first-order chi connectivity index (χ1) is 6.79. The minimum absolute atomic E-state index is 0.170. The van der Waals surface area contributed by atoms with Crippen LogP contribution < -0.4 is 11.3 Å². The van der Waals surface area contributed by atoms with E-state index in [1.54, 1.807) is 24.5 Å². The molecule has 0 amide bonds. The average Bonchev–Trinajstić information content (AvgIpc) is 2.23. The molecule has 2 aromatic heterocycles. The zero-order valence-corrected chi connectivity index (χ0v) is 7.29. The normalized spacial score (nSPS) is 10.0. The Bertz CT molecular complexity index is 492. The lowest BCUT2D eigenvalue weighted by molar-refractivity contribution is 0.806. The number of anilines is 1. The molecule has 2 rings (SSSR count). The van der Waals surface area contributed by atoms with Crippen molar-refractivity contribution in [2.45, 2.75) is 0 Å². The molecule has 0 atom stereocenters. The third-order valence-corrected chi connectivity index (χ3v) is 1.77. The Labute approximate surface area is 79.8 Å². The molecule has 5 nitrogen and oxygen atoms in total. The van der Waals surface area contributed by atoms with Gasteiger partial charge in [-0.05, 0) is 18.2 Å². The van der Waals surface area contributed by atoms with E-state index >= 15 is 0 Å². The van der Waals surface area contributed by atoms with Crippen LogP contribution in [0.5, 0.6) is 0 Å². The molecular formula is C9H8N4O. The number of hydrogen-bond donors (Lipinski definition) is 1. The molecule has 0 unspecified atom stereocenters. The maximum Gasteiger partial charge on any atom is 0.294 e. The molecule has 14 heavy (non-hydrogen) atoms. The number of nitrogen functional groups attached to an aromatic ring is 1. The predicted molar refractivity (Wildman–Crippen MR) is 52.0 cm³/mol. The zero-order valence-electron chi connectivity index (χ0n) is 7.29. The second-order valence-corrected chi connectivity index (χ2v) is 2.71. The Hall–Kier alpha value is -2.17. The van der Waals surface area contributed by atoms with Crippen LogP contribution in [0.15, 0.2) is 41.6 Å². The Balaban J connectivity index is 2.64. The zero-order chi connectivity index (χ0) is 9.97. The SMILES string of the molecule is Nc1ccnn(-c2cccnc2)c1=O. The van der Waals surface area contributed by atoms with Crippen LogP contribution >= 0.6 is 0 Å². The van der Waals surface area contributed by atoms with E-state index in [9.17, 15) is 4.79 Å². The van der Waals surface area contributed by atoms with Gasteiger partial charge in [0.05, 0.1) is 18.1 Å². The first-order valence-electron chi connectivity index (χ1n) is 4.03. The summed E-state index contributed by atoms with van der Waals surface area (Å²) in [6.07, 6.45) is 4.65. The van der Waals surface area contributed by atoms with Gasteiger partial charge < -0.3 is 5.73 Å². The smallest absolute Gasteiger partial charge is 0.294 e. The summed E-state index contributed by atoms with van der Waals surface area (Å²) >= 11 is 0. The van der Waals surface area contributed by atoms with Crippen LogP contribution in [0.2, 0.25) is 0 Å². The standard InChI is InChI=1S/C9H8N4O/c10-8-3-5-12-13(9(8)14)7-2-1-4-11-6-7/h1-6H,10H2. The van der Waals surface area contributed by atoms with E-state index in [2.05, 4.69) is 10.1 Å². The summed E-state index contributed by atoms with van der Waals surface area (Å²) in [7, 11) is 0. The van der Waals surface area contributed by atoms with Crippen LogP contribution in [0.25, 0.3) is 5.69 Å². The van der Waals surface area contributed by atoms with Crippen molar-refractivity contribution in [2.24, 2.45) is 0 Å². The summed E-state index contributed by atoms with van der Waals surface area (Å²) in [5.74, 6) is 0. The van der Waals surface area contributed by atoms with Gasteiger partial charge in [-0.25, -0.2) is 0 Å². The van der Waals surface area contributed by atoms with Crippen molar-refractivity contribution < 1.29 is 0 Å². The molecule has 70 valence electrons. The maximum atomic E-state index is 11.5. The number of hydrogen-bond acceptors (Lipinski definition) is 4. The Morgan fingerprint density at radius 3 is 2.86 bits per heavy atom. The fourth-order valence-electron chi connectivity index (χ4n) is 1.09. The summed E-state index contributed by atoms with van der Waals surface area (Å²) in [4.78, 5) is 15.4. The van der Waals surface area contributed by atoms with E-state index < -0.39 is 0 Å². The summed E-state index contributed by atoms with van der Waals surface area (Å²) in [6.45, 7) is 0. The molecule has 0 bridgehead atoms. The van der Waals surface area contributed by atoms with Crippen LogP contribution in [-0.2, 0) is 0 Å². The molecule has 0 aliphatic carbocycles. The van der Waals surface area contributed by atoms with Gasteiger partial charge in [0.25, 0.3) is 5.56 Å². The molecule has 2 N–H and O–H groups in total. The molecule has 0 saturated heterocycles. The van der Waals surface area contributed by atoms with E-state index in [0.29, 0.717) is 5.69 Å². The number of rotatable bonds is 1. The van der Waals surface area contributed by atoms with E-state index in [0.717, 1.165) is 0 Å². The van der Waals surface area contributed by atoms with Gasteiger partial charge in [0.15, 0.2) is 0 Å². The van der Waals surface area contributed by atoms with Crippen LogP contribution in [0, 0.1) is 0 Å². The molecule has 2 heterocycles. The van der Waals surface area contributed by atoms with Gasteiger partial charge in [-0.2, -0.15) is 9.78 Å². The van der Waals surface area contributed by atoms with Gasteiger partial charge in [-0.15, -0.1) is 0 Å². The van der Waals surface area contributed by atoms with Crippen LogP contribution in [0.3, 0.4) is 0 Å². The molecule has 0 radical (unpaired) electrons. The van der Waals surface area contributed by atoms with Gasteiger partial charge in [0.1, 0.15) is 5.69 Å². The average molecular weight is 188 g/mol. The lowest BCUT2D eigenvalue weighted by Gasteiger charge is -2.02. The quantitative estimate of drug-likeness (QED) is 0.694. The minimum atomic E-state index is -0.333. The number of pyridine rings is 1.